The molecule has 1 aromatic rings. The molecule has 1 aromatic carbocycles. The molecule has 146 valence electrons. The summed E-state index contributed by atoms with van der Waals surface area (Å²) in [6.07, 6.45) is 2.98. The Hall–Kier alpha value is -0.960. The van der Waals surface area contributed by atoms with Gasteiger partial charge in [0.15, 0.2) is 5.96 Å². The molecule has 7 heteroatoms. The molecule has 0 aliphatic carbocycles. The number of thioether (sulfide) groups is 1. The molecule has 5 nitrogen and oxygen atoms in total. The quantitative estimate of drug-likeness (QED) is 0.351. The van der Waals surface area contributed by atoms with Crippen LogP contribution in [-0.4, -0.2) is 54.5 Å². The Bertz CT molecular complexity index is 576. The number of nitrogens with one attached hydrogen (secondary N) is 2. The number of nitrogens with zero attached hydrogens (tertiary/aromatic N) is 2. The van der Waals surface area contributed by atoms with E-state index < -0.39 is 0 Å². The molecule has 0 saturated carbocycles. The fourth-order valence-electron chi connectivity index (χ4n) is 2.89. The van der Waals surface area contributed by atoms with E-state index in [1.807, 2.05) is 49.1 Å². The Balaban J connectivity index is 0.00000338. The normalized spacial score (nSPS) is 19.6. The first kappa shape index (κ1) is 23.1. The van der Waals surface area contributed by atoms with Crippen molar-refractivity contribution in [2.24, 2.45) is 4.99 Å². The van der Waals surface area contributed by atoms with E-state index in [0.29, 0.717) is 24.3 Å². The number of halogens is 1. The molecule has 1 saturated heterocycles. The lowest BCUT2D eigenvalue weighted by molar-refractivity contribution is -0.130. The van der Waals surface area contributed by atoms with Gasteiger partial charge >= 0.3 is 0 Å². The van der Waals surface area contributed by atoms with Crippen LogP contribution in [0.2, 0.25) is 0 Å². The van der Waals surface area contributed by atoms with E-state index >= 15 is 0 Å². The zero-order valence-electron chi connectivity index (χ0n) is 16.0. The van der Waals surface area contributed by atoms with Crippen molar-refractivity contribution in [3.8, 4) is 0 Å². The van der Waals surface area contributed by atoms with Gasteiger partial charge in [0.05, 0.1) is 0 Å². The van der Waals surface area contributed by atoms with Gasteiger partial charge in [-0.1, -0.05) is 30.3 Å². The summed E-state index contributed by atoms with van der Waals surface area (Å²) in [4.78, 5) is 18.3. The van der Waals surface area contributed by atoms with Crippen molar-refractivity contribution in [2.75, 3.05) is 32.9 Å². The second kappa shape index (κ2) is 11.7. The highest BCUT2D eigenvalue weighted by Crippen LogP contribution is 2.36. The SMILES string of the molecule is CN=C(NCCC(=O)N(C)Cc1ccccc1)NCC1(C)CCCS1.I. The summed E-state index contributed by atoms with van der Waals surface area (Å²) in [5.41, 5.74) is 1.14. The van der Waals surface area contributed by atoms with Crippen LogP contribution in [0.15, 0.2) is 35.3 Å². The van der Waals surface area contributed by atoms with Crippen molar-refractivity contribution in [1.82, 2.24) is 15.5 Å². The maximum absolute atomic E-state index is 12.3. The molecule has 1 heterocycles. The summed E-state index contributed by atoms with van der Waals surface area (Å²) in [6, 6.07) is 10.0. The molecule has 1 aliphatic rings. The van der Waals surface area contributed by atoms with E-state index in [1.54, 1.807) is 11.9 Å². The standard InChI is InChI=1S/C19H30N4OS.HI/c1-19(11-7-13-25-19)15-22-18(20-2)21-12-10-17(24)23(3)14-16-8-5-4-6-9-16;/h4-6,8-9H,7,10-15H2,1-3H3,(H2,20,21,22);1H. The number of hydrogen-bond acceptors (Lipinski definition) is 3. The summed E-state index contributed by atoms with van der Waals surface area (Å²) in [5.74, 6) is 2.14. The predicted octanol–water partition coefficient (Wildman–Crippen LogP) is 3.10. The number of guanidine groups is 1. The second-order valence-corrected chi connectivity index (χ2v) is 8.42. The van der Waals surface area contributed by atoms with Gasteiger partial charge in [-0.2, -0.15) is 11.8 Å². The lowest BCUT2D eigenvalue weighted by Crippen LogP contribution is -2.44. The number of carbonyl (C=O) groups excluding carboxylic acids is 1. The van der Waals surface area contributed by atoms with Crippen LogP contribution in [0.4, 0.5) is 0 Å². The molecule has 2 N–H and O–H groups in total. The van der Waals surface area contributed by atoms with E-state index in [-0.39, 0.29) is 29.9 Å². The predicted molar refractivity (Wildman–Crippen MR) is 122 cm³/mol. The van der Waals surface area contributed by atoms with Gasteiger partial charge < -0.3 is 15.5 Å². The molecule has 1 aliphatic heterocycles. The lowest BCUT2D eigenvalue weighted by atomic mass is 10.1. The Morgan fingerprint density at radius 3 is 2.65 bits per heavy atom. The van der Waals surface area contributed by atoms with E-state index in [1.165, 1.54) is 18.6 Å². The Morgan fingerprint density at radius 1 is 1.31 bits per heavy atom. The highest BCUT2D eigenvalue weighted by atomic mass is 127. The third-order valence-corrected chi connectivity index (χ3v) is 6.01. The van der Waals surface area contributed by atoms with Gasteiger partial charge in [0, 0.05) is 44.9 Å². The van der Waals surface area contributed by atoms with Gasteiger partial charge in [-0.15, -0.1) is 24.0 Å². The van der Waals surface area contributed by atoms with Crippen molar-refractivity contribution in [2.45, 2.75) is 37.5 Å². The molecule has 1 unspecified atom stereocenters. The maximum atomic E-state index is 12.3. The summed E-state index contributed by atoms with van der Waals surface area (Å²) in [6.45, 7) is 4.43. The number of amides is 1. The van der Waals surface area contributed by atoms with E-state index in [2.05, 4.69) is 22.5 Å². The third-order valence-electron chi connectivity index (χ3n) is 4.47. The van der Waals surface area contributed by atoms with Crippen LogP contribution in [0.3, 0.4) is 0 Å². The van der Waals surface area contributed by atoms with Gasteiger partial charge in [0.2, 0.25) is 5.91 Å². The minimum atomic E-state index is 0. The molecule has 1 atom stereocenters. The van der Waals surface area contributed by atoms with Crippen LogP contribution >= 0.6 is 35.7 Å². The lowest BCUT2D eigenvalue weighted by Gasteiger charge is -2.24. The summed E-state index contributed by atoms with van der Waals surface area (Å²) < 4.78 is 0.295. The van der Waals surface area contributed by atoms with Crippen LogP contribution in [0.1, 0.15) is 31.7 Å². The first-order chi connectivity index (χ1) is 12.0. The molecular formula is C19H31IN4OS. The van der Waals surface area contributed by atoms with Crippen LogP contribution in [-0.2, 0) is 11.3 Å². The van der Waals surface area contributed by atoms with E-state index in [9.17, 15) is 4.79 Å². The van der Waals surface area contributed by atoms with Gasteiger partial charge in [0.1, 0.15) is 0 Å². The third kappa shape index (κ3) is 7.73. The van der Waals surface area contributed by atoms with E-state index in [0.717, 1.165) is 18.1 Å². The Morgan fingerprint density at radius 2 is 2.04 bits per heavy atom. The highest BCUT2D eigenvalue weighted by Gasteiger charge is 2.29. The summed E-state index contributed by atoms with van der Waals surface area (Å²) >= 11 is 2.02. The molecule has 0 bridgehead atoms. The largest absolute Gasteiger partial charge is 0.356 e. The number of rotatable bonds is 7. The highest BCUT2D eigenvalue weighted by molar-refractivity contribution is 14.0. The Labute approximate surface area is 178 Å². The zero-order chi connectivity index (χ0) is 18.1. The van der Waals surface area contributed by atoms with Gasteiger partial charge in [0.25, 0.3) is 0 Å². The minimum Gasteiger partial charge on any atom is -0.356 e. The maximum Gasteiger partial charge on any atom is 0.224 e. The van der Waals surface area contributed by atoms with Crippen molar-refractivity contribution in [3.05, 3.63) is 35.9 Å². The zero-order valence-corrected chi connectivity index (χ0v) is 19.1. The van der Waals surface area contributed by atoms with E-state index in [4.69, 9.17) is 0 Å². The molecule has 1 fully saturated rings. The molecular weight excluding hydrogens is 459 g/mol. The molecule has 0 radical (unpaired) electrons. The first-order valence-corrected chi connectivity index (χ1v) is 9.87. The molecule has 0 aromatic heterocycles. The van der Waals surface area contributed by atoms with Crippen molar-refractivity contribution in [3.63, 3.8) is 0 Å². The smallest absolute Gasteiger partial charge is 0.224 e. The Kier molecular flexibility index (Phi) is 10.4. The average Bonchev–Trinajstić information content (AvgIpc) is 3.05. The van der Waals surface area contributed by atoms with Gasteiger partial charge in [-0.25, -0.2) is 0 Å². The van der Waals surface area contributed by atoms with Gasteiger partial charge in [-0.3, -0.25) is 9.79 Å². The number of hydrogen-bond donors (Lipinski definition) is 2. The average molecular weight is 490 g/mol. The molecule has 26 heavy (non-hydrogen) atoms. The monoisotopic (exact) mass is 490 g/mol. The molecule has 1 amide bonds. The fraction of sp³-hybridized carbons (Fsp3) is 0.579. The van der Waals surface area contributed by atoms with Crippen molar-refractivity contribution in [1.29, 1.82) is 0 Å². The van der Waals surface area contributed by atoms with Gasteiger partial charge in [-0.05, 0) is 31.1 Å². The topological polar surface area (TPSA) is 56.7 Å². The first-order valence-electron chi connectivity index (χ1n) is 8.89. The van der Waals surface area contributed by atoms with Crippen LogP contribution in [0.5, 0.6) is 0 Å². The van der Waals surface area contributed by atoms with Crippen molar-refractivity contribution >= 4 is 47.6 Å². The van der Waals surface area contributed by atoms with Crippen LogP contribution < -0.4 is 10.6 Å². The minimum absolute atomic E-state index is 0. The number of carbonyl (C=O) groups is 1. The van der Waals surface area contributed by atoms with Crippen LogP contribution in [0.25, 0.3) is 0 Å². The van der Waals surface area contributed by atoms with Crippen molar-refractivity contribution < 1.29 is 4.79 Å². The molecule has 2 rings (SSSR count). The fourth-order valence-corrected chi connectivity index (χ4v) is 4.14. The van der Waals surface area contributed by atoms with Crippen LogP contribution in [0, 0.1) is 0 Å². The number of benzene rings is 1. The second-order valence-electron chi connectivity index (χ2n) is 6.74. The molecule has 0 spiro atoms. The summed E-state index contributed by atoms with van der Waals surface area (Å²) in [7, 11) is 3.61. The summed E-state index contributed by atoms with van der Waals surface area (Å²) in [5, 5.41) is 6.63. The number of aliphatic imine (C=N–C) groups is 1.